The summed E-state index contributed by atoms with van der Waals surface area (Å²) >= 11 is 7.81. The zero-order valence-electron chi connectivity index (χ0n) is 16.8. The summed E-state index contributed by atoms with van der Waals surface area (Å²) in [5.41, 5.74) is 0.837. The smallest absolute Gasteiger partial charge is 0.290 e. The molecule has 0 bridgehead atoms. The molecule has 4 aromatic rings. The molecule has 32 heavy (non-hydrogen) atoms. The summed E-state index contributed by atoms with van der Waals surface area (Å²) in [4.78, 5) is 13.4. The van der Waals surface area contributed by atoms with Gasteiger partial charge in [-0.05, 0) is 95.5 Å². The Hall–Kier alpha value is -3.31. The van der Waals surface area contributed by atoms with Crippen LogP contribution in [0.15, 0.2) is 93.9 Å². The summed E-state index contributed by atoms with van der Waals surface area (Å²) in [5.74, 6) is 0.256. The fourth-order valence-corrected chi connectivity index (χ4v) is 3.80. The quantitative estimate of drug-likeness (QED) is 0.183. The third kappa shape index (κ3) is 4.34. The lowest BCUT2D eigenvalue weighted by atomic mass is 10.3. The number of halogens is 1. The molecule has 0 saturated carbocycles. The molecule has 0 radical (unpaired) electrons. The highest BCUT2D eigenvalue weighted by Gasteiger charge is 2.19. The minimum Gasteiger partial charge on any atom is -0.497 e. The van der Waals surface area contributed by atoms with E-state index in [0.29, 0.717) is 22.8 Å². The van der Waals surface area contributed by atoms with Crippen LogP contribution in [0.5, 0.6) is 11.6 Å². The van der Waals surface area contributed by atoms with Gasteiger partial charge in [-0.1, -0.05) is 18.2 Å². The van der Waals surface area contributed by atoms with Crippen LogP contribution >= 0.6 is 34.8 Å². The SMILES string of the molecule is COc1ccc(-n2c(=O)c(N=Nc3ccccc3)c(O)n(-c3ccc(I)cc3)c2=S)cc1. The Kier molecular flexibility index (Phi) is 6.47. The zero-order chi connectivity index (χ0) is 22.7. The van der Waals surface area contributed by atoms with Crippen molar-refractivity contribution in [3.8, 4) is 23.0 Å². The second-order valence-corrected chi connectivity index (χ2v) is 8.25. The highest BCUT2D eigenvalue weighted by Crippen LogP contribution is 2.29. The van der Waals surface area contributed by atoms with Crippen molar-refractivity contribution in [1.82, 2.24) is 9.13 Å². The molecule has 0 aliphatic heterocycles. The van der Waals surface area contributed by atoms with Crippen molar-refractivity contribution in [3.63, 3.8) is 0 Å². The van der Waals surface area contributed by atoms with E-state index in [9.17, 15) is 9.90 Å². The van der Waals surface area contributed by atoms with Crippen LogP contribution in [-0.2, 0) is 0 Å². The Bertz CT molecular complexity index is 1400. The topological polar surface area (TPSA) is 81.1 Å². The molecular formula is C23H17IN4O3S. The first-order valence-electron chi connectivity index (χ1n) is 9.48. The zero-order valence-corrected chi connectivity index (χ0v) is 19.8. The molecule has 1 heterocycles. The van der Waals surface area contributed by atoms with Gasteiger partial charge in [0, 0.05) is 3.57 Å². The molecule has 0 unspecified atom stereocenters. The van der Waals surface area contributed by atoms with Gasteiger partial charge in [-0.15, -0.1) is 5.11 Å². The predicted octanol–water partition coefficient (Wildman–Crippen LogP) is 6.09. The Morgan fingerprint density at radius 3 is 2.09 bits per heavy atom. The Labute approximate surface area is 202 Å². The summed E-state index contributed by atoms with van der Waals surface area (Å²) < 4.78 is 9.03. The average molecular weight is 556 g/mol. The van der Waals surface area contributed by atoms with Crippen LogP contribution in [0, 0.1) is 8.34 Å². The molecule has 0 aliphatic carbocycles. The predicted molar refractivity (Wildman–Crippen MR) is 134 cm³/mol. The van der Waals surface area contributed by atoms with Gasteiger partial charge in [0.1, 0.15) is 5.75 Å². The van der Waals surface area contributed by atoms with Gasteiger partial charge >= 0.3 is 0 Å². The van der Waals surface area contributed by atoms with Crippen molar-refractivity contribution >= 4 is 46.2 Å². The third-order valence-corrected chi connectivity index (χ3v) is 5.73. The standard InChI is InChI=1S/C23H17IN4O3S/c1-31-19-13-11-18(12-14-19)28-22(30)20(26-25-16-5-3-2-4-6-16)21(29)27(23(28)32)17-9-7-15(24)8-10-17/h2-14,29H,1H3. The lowest BCUT2D eigenvalue weighted by Gasteiger charge is -2.16. The van der Waals surface area contributed by atoms with E-state index in [4.69, 9.17) is 17.0 Å². The van der Waals surface area contributed by atoms with E-state index in [1.54, 1.807) is 55.6 Å². The van der Waals surface area contributed by atoms with Gasteiger partial charge in [0.2, 0.25) is 11.6 Å². The molecule has 0 atom stereocenters. The molecule has 0 saturated heterocycles. The second-order valence-electron chi connectivity index (χ2n) is 6.64. The second kappa shape index (κ2) is 9.45. The molecule has 7 nitrogen and oxygen atoms in total. The van der Waals surface area contributed by atoms with Crippen LogP contribution in [-0.4, -0.2) is 21.4 Å². The Morgan fingerprint density at radius 2 is 1.47 bits per heavy atom. The first-order valence-corrected chi connectivity index (χ1v) is 11.0. The van der Waals surface area contributed by atoms with Crippen LogP contribution in [0.3, 0.4) is 0 Å². The Morgan fingerprint density at radius 1 is 0.875 bits per heavy atom. The number of nitrogens with zero attached hydrogens (tertiary/aromatic N) is 4. The summed E-state index contributed by atoms with van der Waals surface area (Å²) in [6.45, 7) is 0. The molecule has 160 valence electrons. The van der Waals surface area contributed by atoms with Crippen molar-refractivity contribution in [3.05, 3.63) is 97.6 Å². The summed E-state index contributed by atoms with van der Waals surface area (Å²) in [5, 5.41) is 19.2. The lowest BCUT2D eigenvalue weighted by Crippen LogP contribution is -2.23. The Balaban J connectivity index is 1.99. The number of benzene rings is 3. The van der Waals surface area contributed by atoms with Crippen LogP contribution < -0.4 is 10.3 Å². The summed E-state index contributed by atoms with van der Waals surface area (Å²) in [7, 11) is 1.56. The number of hydrogen-bond acceptors (Lipinski definition) is 6. The number of methoxy groups -OCH3 is 1. The first-order chi connectivity index (χ1) is 15.5. The van der Waals surface area contributed by atoms with Crippen molar-refractivity contribution in [2.45, 2.75) is 0 Å². The number of aromatic hydroxyl groups is 1. The normalized spacial score (nSPS) is 11.1. The highest BCUT2D eigenvalue weighted by atomic mass is 127. The molecule has 1 N–H and O–H groups in total. The highest BCUT2D eigenvalue weighted by molar-refractivity contribution is 14.1. The fraction of sp³-hybridized carbons (Fsp3) is 0.0435. The maximum absolute atomic E-state index is 13.4. The monoisotopic (exact) mass is 556 g/mol. The van der Waals surface area contributed by atoms with E-state index in [0.717, 1.165) is 3.57 Å². The van der Waals surface area contributed by atoms with E-state index in [1.165, 1.54) is 9.13 Å². The number of ether oxygens (including phenoxy) is 1. The van der Waals surface area contributed by atoms with Gasteiger partial charge in [-0.2, -0.15) is 5.11 Å². The van der Waals surface area contributed by atoms with Gasteiger partial charge in [0.05, 0.1) is 24.2 Å². The first kappa shape index (κ1) is 21.9. The molecule has 0 fully saturated rings. The molecule has 1 aromatic heterocycles. The molecule has 0 amide bonds. The molecule has 0 aliphatic rings. The molecule has 9 heteroatoms. The number of rotatable bonds is 5. The van der Waals surface area contributed by atoms with Crippen LogP contribution in [0.1, 0.15) is 0 Å². The van der Waals surface area contributed by atoms with Crippen molar-refractivity contribution in [1.29, 1.82) is 0 Å². The van der Waals surface area contributed by atoms with Crippen molar-refractivity contribution in [2.75, 3.05) is 7.11 Å². The fourth-order valence-electron chi connectivity index (χ4n) is 3.06. The van der Waals surface area contributed by atoms with Gasteiger partial charge in [0.25, 0.3) is 5.56 Å². The largest absolute Gasteiger partial charge is 0.497 e. The van der Waals surface area contributed by atoms with Crippen molar-refractivity contribution in [2.24, 2.45) is 10.2 Å². The van der Waals surface area contributed by atoms with E-state index in [2.05, 4.69) is 32.8 Å². The van der Waals surface area contributed by atoms with Crippen LogP contribution in [0.2, 0.25) is 0 Å². The van der Waals surface area contributed by atoms with Gasteiger partial charge < -0.3 is 9.84 Å². The third-order valence-electron chi connectivity index (χ3n) is 4.65. The molecule has 3 aromatic carbocycles. The molecule has 0 spiro atoms. The van der Waals surface area contributed by atoms with E-state index in [-0.39, 0.29) is 16.3 Å². The summed E-state index contributed by atoms with van der Waals surface area (Å²) in [6, 6.07) is 23.2. The minimum atomic E-state index is -0.584. The van der Waals surface area contributed by atoms with Crippen molar-refractivity contribution < 1.29 is 9.84 Å². The van der Waals surface area contributed by atoms with E-state index < -0.39 is 5.56 Å². The number of aromatic nitrogens is 2. The molecule has 4 rings (SSSR count). The number of hydrogen-bond donors (Lipinski definition) is 1. The molecular weight excluding hydrogens is 539 g/mol. The lowest BCUT2D eigenvalue weighted by molar-refractivity contribution is 0.414. The van der Waals surface area contributed by atoms with E-state index >= 15 is 0 Å². The van der Waals surface area contributed by atoms with E-state index in [1.807, 2.05) is 30.3 Å². The van der Waals surface area contributed by atoms with Gasteiger partial charge in [0.15, 0.2) is 4.77 Å². The average Bonchev–Trinajstić information content (AvgIpc) is 2.81. The van der Waals surface area contributed by atoms with Gasteiger partial charge in [-0.3, -0.25) is 13.9 Å². The maximum Gasteiger partial charge on any atom is 0.290 e. The van der Waals surface area contributed by atoms with Gasteiger partial charge in [-0.25, -0.2) is 0 Å². The van der Waals surface area contributed by atoms with Crippen LogP contribution in [0.4, 0.5) is 11.4 Å². The maximum atomic E-state index is 13.4. The van der Waals surface area contributed by atoms with Crippen LogP contribution in [0.25, 0.3) is 11.4 Å². The summed E-state index contributed by atoms with van der Waals surface area (Å²) in [6.07, 6.45) is 0. The number of azo groups is 1. The minimum absolute atomic E-state index is 0.0949.